The number of piperazine rings is 1. The zero-order chi connectivity index (χ0) is 29.1. The summed E-state index contributed by atoms with van der Waals surface area (Å²) in [6, 6.07) is 21.0. The Hall–Kier alpha value is -2.78. The van der Waals surface area contributed by atoms with E-state index in [2.05, 4.69) is 27.9 Å². The number of hydrazine groups is 1. The number of hydrogen-bond acceptors (Lipinski definition) is 4. The average molecular weight is 781 g/mol. The van der Waals surface area contributed by atoms with Gasteiger partial charge in [0.05, 0.1) is 16.7 Å². The van der Waals surface area contributed by atoms with Gasteiger partial charge in [0.25, 0.3) is 5.91 Å². The number of carbonyl (C=O) groups excluding carboxylic acids is 3. The molecule has 0 aromatic heterocycles. The number of carbonyl (C=O) groups is 3. The van der Waals surface area contributed by atoms with Crippen molar-refractivity contribution in [2.45, 2.75) is 38.6 Å². The fraction of sp³-hybridized carbons (Fsp3) is 0.300. The summed E-state index contributed by atoms with van der Waals surface area (Å²) in [6.07, 6.45) is 0.119. The maximum Gasteiger partial charge on any atom is 0.332 e. The lowest BCUT2D eigenvalue weighted by Gasteiger charge is -2.46. The normalized spacial score (nSPS) is 18.9. The van der Waals surface area contributed by atoms with E-state index in [-0.39, 0.29) is 43.3 Å². The van der Waals surface area contributed by atoms with Crippen LogP contribution in [0.5, 0.6) is 0 Å². The topological polar surface area (TPSA) is 76.2 Å². The Morgan fingerprint density at radius 3 is 2.37 bits per heavy atom. The van der Waals surface area contributed by atoms with Crippen molar-refractivity contribution >= 4 is 63.0 Å². The number of halogens is 3. The Morgan fingerprint density at radius 2 is 1.71 bits per heavy atom. The first-order chi connectivity index (χ1) is 19.8. The van der Waals surface area contributed by atoms with Crippen molar-refractivity contribution in [1.82, 2.24) is 25.1 Å². The third-order valence-corrected chi connectivity index (χ3v) is 10.2. The van der Waals surface area contributed by atoms with Crippen LogP contribution in [0.15, 0.2) is 72.8 Å². The number of nitrogens with one attached hydrogen (secondary N) is 1. The molecule has 0 radical (unpaired) electrons. The van der Waals surface area contributed by atoms with Crippen LogP contribution in [0, 0.1) is 13.0 Å². The summed E-state index contributed by atoms with van der Waals surface area (Å²) in [4.78, 5) is 44.3. The fourth-order valence-corrected chi connectivity index (χ4v) is 6.35. The molecule has 2 aliphatic heterocycles. The Morgan fingerprint density at radius 1 is 1.02 bits per heavy atom. The molecule has 5 rings (SSSR count). The highest BCUT2D eigenvalue weighted by Crippen LogP contribution is 2.36. The van der Waals surface area contributed by atoms with Crippen LogP contribution in [0.4, 0.5) is 9.18 Å². The van der Waals surface area contributed by atoms with Gasteiger partial charge in [0.2, 0.25) is 5.91 Å². The molecule has 2 heterocycles. The largest absolute Gasteiger partial charge is 0.333 e. The van der Waals surface area contributed by atoms with E-state index < -0.39 is 12.2 Å². The standard InChI is InChI=1S/C30H30FI2N5O3/c1-2-13-36(30(41)34-16-20-9-5-3-6-10-20)37-19-26(39)38-25(37)18-35(17-21-14-23(31)27(33)24(32)15-21)29(40)28(38)22-11-7-4-8-12-22/h3-12,14-15,25,28H,2,13,16-19H2,1H3,(H,34,41)/t25-,28+/m1/s1. The van der Waals surface area contributed by atoms with Crippen molar-refractivity contribution < 1.29 is 18.8 Å². The Bertz CT molecular complexity index is 1410. The van der Waals surface area contributed by atoms with Gasteiger partial charge in [-0.3, -0.25) is 14.6 Å². The van der Waals surface area contributed by atoms with E-state index in [1.54, 1.807) is 19.8 Å². The van der Waals surface area contributed by atoms with Gasteiger partial charge in [0.15, 0.2) is 0 Å². The first-order valence-electron chi connectivity index (χ1n) is 13.4. The molecule has 0 bridgehead atoms. The molecular formula is C30H30FI2N5O3. The maximum atomic E-state index is 14.6. The molecule has 0 unspecified atom stereocenters. The van der Waals surface area contributed by atoms with Crippen molar-refractivity contribution in [1.29, 1.82) is 0 Å². The molecule has 0 saturated carbocycles. The van der Waals surface area contributed by atoms with Gasteiger partial charge < -0.3 is 15.1 Å². The molecule has 214 valence electrons. The summed E-state index contributed by atoms with van der Waals surface area (Å²) in [6.45, 7) is 3.08. The van der Waals surface area contributed by atoms with E-state index in [0.717, 1.165) is 9.13 Å². The fourth-order valence-electron chi connectivity index (χ4n) is 5.38. The van der Waals surface area contributed by atoms with Crippen molar-refractivity contribution in [2.75, 3.05) is 19.6 Å². The minimum absolute atomic E-state index is 0.0239. The van der Waals surface area contributed by atoms with Crippen LogP contribution in [0.3, 0.4) is 0 Å². The molecule has 8 nitrogen and oxygen atoms in total. The van der Waals surface area contributed by atoms with E-state index in [1.807, 2.05) is 96.2 Å². The molecular weight excluding hydrogens is 751 g/mol. The van der Waals surface area contributed by atoms with Crippen LogP contribution in [0.25, 0.3) is 0 Å². The molecule has 41 heavy (non-hydrogen) atoms. The molecule has 4 amide bonds. The molecule has 2 fully saturated rings. The smallest absolute Gasteiger partial charge is 0.332 e. The lowest BCUT2D eigenvalue weighted by Crippen LogP contribution is -2.62. The van der Waals surface area contributed by atoms with Crippen LogP contribution in [-0.2, 0) is 22.7 Å². The number of hydrogen-bond donors (Lipinski definition) is 1. The van der Waals surface area contributed by atoms with Gasteiger partial charge in [-0.1, -0.05) is 67.6 Å². The molecule has 3 aromatic carbocycles. The van der Waals surface area contributed by atoms with Gasteiger partial charge in [-0.15, -0.1) is 0 Å². The first-order valence-corrected chi connectivity index (χ1v) is 15.6. The lowest BCUT2D eigenvalue weighted by molar-refractivity contribution is -0.158. The Labute approximate surface area is 266 Å². The van der Waals surface area contributed by atoms with E-state index in [9.17, 15) is 18.8 Å². The van der Waals surface area contributed by atoms with Gasteiger partial charge >= 0.3 is 6.03 Å². The molecule has 0 spiro atoms. The van der Waals surface area contributed by atoms with Gasteiger partial charge in [-0.2, -0.15) is 5.01 Å². The van der Waals surface area contributed by atoms with Crippen LogP contribution >= 0.6 is 45.2 Å². The zero-order valence-corrected chi connectivity index (χ0v) is 26.8. The molecule has 1 N–H and O–H groups in total. The summed E-state index contributed by atoms with van der Waals surface area (Å²) in [5.74, 6) is -0.782. The monoisotopic (exact) mass is 781 g/mol. The average Bonchev–Trinajstić information content (AvgIpc) is 3.29. The van der Waals surface area contributed by atoms with E-state index in [0.29, 0.717) is 34.2 Å². The van der Waals surface area contributed by atoms with E-state index in [1.165, 1.54) is 6.07 Å². The third kappa shape index (κ3) is 6.36. The second-order valence-electron chi connectivity index (χ2n) is 10.1. The SMILES string of the molecule is CCCN(C(=O)NCc1ccccc1)N1CC(=O)N2[C@@H](c3ccccc3)C(=O)N(Cc3cc(F)c(I)c(I)c3)C[C@@H]21. The molecule has 2 atom stereocenters. The number of benzene rings is 3. The maximum absolute atomic E-state index is 14.6. The third-order valence-electron chi connectivity index (χ3n) is 7.26. The minimum Gasteiger partial charge on any atom is -0.333 e. The number of urea groups is 1. The highest BCUT2D eigenvalue weighted by Gasteiger charge is 2.52. The van der Waals surface area contributed by atoms with Crippen LogP contribution in [0.1, 0.15) is 36.1 Å². The predicted molar refractivity (Wildman–Crippen MR) is 169 cm³/mol. The number of amides is 4. The van der Waals surface area contributed by atoms with Crippen LogP contribution < -0.4 is 5.32 Å². The number of fused-ring (bicyclic) bond motifs is 1. The first kappa shape index (κ1) is 29.7. The summed E-state index contributed by atoms with van der Waals surface area (Å²) in [5, 5.41) is 6.35. The van der Waals surface area contributed by atoms with Crippen molar-refractivity contribution in [3.8, 4) is 0 Å². The molecule has 3 aromatic rings. The zero-order valence-electron chi connectivity index (χ0n) is 22.5. The molecule has 2 aliphatic rings. The molecule has 11 heteroatoms. The van der Waals surface area contributed by atoms with Crippen LogP contribution in [-0.4, -0.2) is 63.5 Å². The highest BCUT2D eigenvalue weighted by molar-refractivity contribution is 14.1. The Balaban J connectivity index is 1.46. The summed E-state index contributed by atoms with van der Waals surface area (Å²) >= 11 is 4.06. The lowest BCUT2D eigenvalue weighted by atomic mass is 10.00. The number of rotatable bonds is 8. The van der Waals surface area contributed by atoms with Gasteiger partial charge in [-0.05, 0) is 80.4 Å². The molecule has 2 saturated heterocycles. The van der Waals surface area contributed by atoms with Crippen molar-refractivity contribution in [3.63, 3.8) is 0 Å². The number of nitrogens with zero attached hydrogens (tertiary/aromatic N) is 4. The Kier molecular flexibility index (Phi) is 9.44. The summed E-state index contributed by atoms with van der Waals surface area (Å²) in [5.41, 5.74) is 2.33. The second kappa shape index (κ2) is 13.0. The summed E-state index contributed by atoms with van der Waals surface area (Å²) < 4.78 is 15.9. The quantitative estimate of drug-likeness (QED) is 0.255. The molecule has 0 aliphatic carbocycles. The van der Waals surface area contributed by atoms with Crippen molar-refractivity contribution in [3.05, 3.63) is 102 Å². The van der Waals surface area contributed by atoms with E-state index in [4.69, 9.17) is 0 Å². The van der Waals surface area contributed by atoms with Crippen LogP contribution in [0.2, 0.25) is 0 Å². The highest BCUT2D eigenvalue weighted by atomic mass is 127. The predicted octanol–water partition coefficient (Wildman–Crippen LogP) is 5.13. The summed E-state index contributed by atoms with van der Waals surface area (Å²) in [7, 11) is 0. The van der Waals surface area contributed by atoms with Gasteiger partial charge in [0, 0.05) is 23.2 Å². The van der Waals surface area contributed by atoms with Crippen molar-refractivity contribution in [2.24, 2.45) is 0 Å². The van der Waals surface area contributed by atoms with E-state index >= 15 is 0 Å². The minimum atomic E-state index is -0.851. The van der Waals surface area contributed by atoms with Gasteiger partial charge in [0.1, 0.15) is 18.0 Å². The van der Waals surface area contributed by atoms with Gasteiger partial charge in [-0.25, -0.2) is 9.18 Å². The second-order valence-corrected chi connectivity index (χ2v) is 12.3.